The van der Waals surface area contributed by atoms with Gasteiger partial charge in [-0.25, -0.2) is 0 Å². The zero-order valence-corrected chi connectivity index (χ0v) is 15.1. The Morgan fingerprint density at radius 1 is 1.16 bits per heavy atom. The van der Waals surface area contributed by atoms with Crippen molar-refractivity contribution in [1.29, 1.82) is 0 Å². The van der Waals surface area contributed by atoms with E-state index >= 15 is 0 Å². The molecule has 132 valence electrons. The standard InChI is InChI=1S/C18H20ClN3O3/c1-22(2)18(24)13-6-4-5-7-15(13)20-11-17(23)21-12-8-9-16(25-3)14(19)10-12/h4-10,20H,11H2,1-3H3,(H,21,23). The fourth-order valence-electron chi connectivity index (χ4n) is 2.19. The van der Waals surface area contributed by atoms with Crippen molar-refractivity contribution in [2.45, 2.75) is 0 Å². The molecule has 0 bridgehead atoms. The maximum atomic E-state index is 12.2. The maximum Gasteiger partial charge on any atom is 0.255 e. The van der Waals surface area contributed by atoms with Crippen LogP contribution < -0.4 is 15.4 Å². The Labute approximate surface area is 151 Å². The summed E-state index contributed by atoms with van der Waals surface area (Å²) < 4.78 is 5.07. The highest BCUT2D eigenvalue weighted by atomic mass is 35.5. The fourth-order valence-corrected chi connectivity index (χ4v) is 2.45. The fraction of sp³-hybridized carbons (Fsp3) is 0.222. The van der Waals surface area contributed by atoms with E-state index < -0.39 is 0 Å². The first-order chi connectivity index (χ1) is 11.9. The number of carbonyl (C=O) groups excluding carboxylic acids is 2. The van der Waals surface area contributed by atoms with Gasteiger partial charge in [0.1, 0.15) is 5.75 Å². The highest BCUT2D eigenvalue weighted by Crippen LogP contribution is 2.27. The van der Waals surface area contributed by atoms with E-state index in [0.29, 0.717) is 27.7 Å². The lowest BCUT2D eigenvalue weighted by atomic mass is 10.1. The van der Waals surface area contributed by atoms with Crippen LogP contribution >= 0.6 is 11.6 Å². The molecule has 7 heteroatoms. The van der Waals surface area contributed by atoms with Gasteiger partial charge in [0.15, 0.2) is 0 Å². The highest BCUT2D eigenvalue weighted by Gasteiger charge is 2.13. The van der Waals surface area contributed by atoms with Gasteiger partial charge in [0.25, 0.3) is 5.91 Å². The molecule has 25 heavy (non-hydrogen) atoms. The summed E-state index contributed by atoms with van der Waals surface area (Å²) in [6.07, 6.45) is 0. The van der Waals surface area contributed by atoms with Crippen LogP contribution in [0.4, 0.5) is 11.4 Å². The Morgan fingerprint density at radius 3 is 2.52 bits per heavy atom. The van der Waals surface area contributed by atoms with Crippen molar-refractivity contribution in [3.8, 4) is 5.75 Å². The summed E-state index contributed by atoms with van der Waals surface area (Å²) in [5.74, 6) is 0.146. The molecule has 2 rings (SSSR count). The smallest absolute Gasteiger partial charge is 0.255 e. The summed E-state index contributed by atoms with van der Waals surface area (Å²) >= 11 is 6.04. The molecule has 0 fully saturated rings. The minimum atomic E-state index is -0.256. The molecule has 0 unspecified atom stereocenters. The molecule has 0 aromatic heterocycles. The zero-order valence-electron chi connectivity index (χ0n) is 14.3. The van der Waals surface area contributed by atoms with E-state index in [4.69, 9.17) is 16.3 Å². The maximum absolute atomic E-state index is 12.2. The van der Waals surface area contributed by atoms with Crippen molar-refractivity contribution in [2.75, 3.05) is 38.4 Å². The van der Waals surface area contributed by atoms with Gasteiger partial charge in [-0.05, 0) is 30.3 Å². The van der Waals surface area contributed by atoms with Crippen molar-refractivity contribution in [2.24, 2.45) is 0 Å². The zero-order chi connectivity index (χ0) is 18.4. The predicted molar refractivity (Wildman–Crippen MR) is 99.6 cm³/mol. The van der Waals surface area contributed by atoms with Gasteiger partial charge < -0.3 is 20.3 Å². The number of carbonyl (C=O) groups is 2. The lowest BCUT2D eigenvalue weighted by Crippen LogP contribution is -2.25. The molecule has 6 nitrogen and oxygen atoms in total. The Bertz CT molecular complexity index is 778. The van der Waals surface area contributed by atoms with Crippen LogP contribution in [0.1, 0.15) is 10.4 Å². The van der Waals surface area contributed by atoms with Crippen molar-refractivity contribution in [1.82, 2.24) is 4.90 Å². The van der Waals surface area contributed by atoms with Gasteiger partial charge in [0.05, 0.1) is 24.2 Å². The highest BCUT2D eigenvalue weighted by molar-refractivity contribution is 6.32. The van der Waals surface area contributed by atoms with E-state index in [-0.39, 0.29) is 18.4 Å². The SMILES string of the molecule is COc1ccc(NC(=O)CNc2ccccc2C(=O)N(C)C)cc1Cl. The molecular formula is C18H20ClN3O3. The van der Waals surface area contributed by atoms with Crippen molar-refractivity contribution < 1.29 is 14.3 Å². The van der Waals surface area contributed by atoms with Crippen LogP contribution in [0.2, 0.25) is 5.02 Å². The third kappa shape index (κ3) is 4.87. The molecule has 0 atom stereocenters. The third-order valence-electron chi connectivity index (χ3n) is 3.44. The van der Waals surface area contributed by atoms with Crippen LogP contribution in [0.3, 0.4) is 0 Å². The first-order valence-electron chi connectivity index (χ1n) is 7.60. The molecule has 0 aliphatic heterocycles. The second-order valence-electron chi connectivity index (χ2n) is 5.50. The summed E-state index contributed by atoms with van der Waals surface area (Å²) in [7, 11) is 4.88. The lowest BCUT2D eigenvalue weighted by Gasteiger charge is -2.15. The average Bonchev–Trinajstić information content (AvgIpc) is 2.59. The first kappa shape index (κ1) is 18.6. The number of hydrogen-bond acceptors (Lipinski definition) is 4. The quantitative estimate of drug-likeness (QED) is 0.829. The third-order valence-corrected chi connectivity index (χ3v) is 3.73. The number of amides is 2. The molecule has 2 aromatic rings. The van der Waals surface area contributed by atoms with Crippen molar-refractivity contribution in [3.63, 3.8) is 0 Å². The van der Waals surface area contributed by atoms with Gasteiger partial charge in [0, 0.05) is 25.5 Å². The minimum Gasteiger partial charge on any atom is -0.495 e. The topological polar surface area (TPSA) is 70.7 Å². The van der Waals surface area contributed by atoms with E-state index in [0.717, 1.165) is 0 Å². The largest absolute Gasteiger partial charge is 0.495 e. The first-order valence-corrected chi connectivity index (χ1v) is 7.98. The summed E-state index contributed by atoms with van der Waals surface area (Å²) in [6.45, 7) is 0.0152. The number of hydrogen-bond donors (Lipinski definition) is 2. The molecular weight excluding hydrogens is 342 g/mol. The van der Waals surface area contributed by atoms with Crippen LogP contribution in [0, 0.1) is 0 Å². The number of methoxy groups -OCH3 is 1. The van der Waals surface area contributed by atoms with Gasteiger partial charge >= 0.3 is 0 Å². The molecule has 0 heterocycles. The molecule has 0 saturated carbocycles. The second kappa shape index (κ2) is 8.39. The van der Waals surface area contributed by atoms with Crippen LogP contribution in [-0.4, -0.2) is 44.5 Å². The van der Waals surface area contributed by atoms with E-state index in [9.17, 15) is 9.59 Å². The molecule has 0 radical (unpaired) electrons. The average molecular weight is 362 g/mol. The number of ether oxygens (including phenoxy) is 1. The number of rotatable bonds is 6. The van der Waals surface area contributed by atoms with Crippen molar-refractivity contribution >= 4 is 34.8 Å². The van der Waals surface area contributed by atoms with Crippen molar-refractivity contribution in [3.05, 3.63) is 53.1 Å². The molecule has 0 spiro atoms. The Kier molecular flexibility index (Phi) is 6.25. The van der Waals surface area contributed by atoms with Gasteiger partial charge in [-0.2, -0.15) is 0 Å². The van der Waals surface area contributed by atoms with E-state index in [1.165, 1.54) is 12.0 Å². The normalized spacial score (nSPS) is 10.1. The summed E-state index contributed by atoms with van der Waals surface area (Å²) in [4.78, 5) is 25.8. The number of halogens is 1. The molecule has 2 amide bonds. The van der Waals surface area contributed by atoms with Gasteiger partial charge in [-0.1, -0.05) is 23.7 Å². The van der Waals surface area contributed by atoms with E-state index in [2.05, 4.69) is 10.6 Å². The molecule has 0 saturated heterocycles. The lowest BCUT2D eigenvalue weighted by molar-refractivity contribution is -0.114. The van der Waals surface area contributed by atoms with Gasteiger partial charge in [-0.3, -0.25) is 9.59 Å². The molecule has 0 aliphatic carbocycles. The number of para-hydroxylation sites is 1. The Hall–Kier alpha value is -2.73. The van der Waals surface area contributed by atoms with Crippen LogP contribution in [-0.2, 0) is 4.79 Å². The van der Waals surface area contributed by atoms with E-state index in [1.807, 2.05) is 0 Å². The number of benzene rings is 2. The van der Waals surface area contributed by atoms with Crippen LogP contribution in [0.15, 0.2) is 42.5 Å². The second-order valence-corrected chi connectivity index (χ2v) is 5.90. The number of nitrogens with zero attached hydrogens (tertiary/aromatic N) is 1. The monoisotopic (exact) mass is 361 g/mol. The van der Waals surface area contributed by atoms with Gasteiger partial charge in [0.2, 0.25) is 5.91 Å². The minimum absolute atomic E-state index is 0.0152. The molecule has 2 N–H and O–H groups in total. The van der Waals surface area contributed by atoms with Crippen LogP contribution in [0.25, 0.3) is 0 Å². The Morgan fingerprint density at radius 2 is 1.88 bits per heavy atom. The Balaban J connectivity index is 2.01. The summed E-state index contributed by atoms with van der Waals surface area (Å²) in [5.41, 5.74) is 1.67. The van der Waals surface area contributed by atoms with Crippen LogP contribution in [0.5, 0.6) is 5.75 Å². The predicted octanol–water partition coefficient (Wildman–Crippen LogP) is 3.10. The van der Waals surface area contributed by atoms with E-state index in [1.54, 1.807) is 56.6 Å². The summed E-state index contributed by atoms with van der Waals surface area (Å²) in [6, 6.07) is 12.0. The summed E-state index contributed by atoms with van der Waals surface area (Å²) in [5, 5.41) is 6.14. The van der Waals surface area contributed by atoms with Gasteiger partial charge in [-0.15, -0.1) is 0 Å². The number of anilines is 2. The molecule has 0 aliphatic rings. The number of nitrogens with one attached hydrogen (secondary N) is 2. The molecule has 2 aromatic carbocycles.